The fourth-order valence-electron chi connectivity index (χ4n) is 1.33. The van der Waals surface area contributed by atoms with Gasteiger partial charge in [0.2, 0.25) is 0 Å². The topological polar surface area (TPSA) is 59.1 Å². The maximum absolute atomic E-state index is 9.76. The number of rotatable bonds is 4. The van der Waals surface area contributed by atoms with Crippen LogP contribution in [-0.4, -0.2) is 16.6 Å². The average Bonchev–Trinajstić information content (AvgIpc) is 2.87. The number of hydrogen-bond donors (Lipinski definition) is 2. The number of thiazole rings is 1. The number of aliphatic hydroxyl groups excluding tert-OH is 1. The summed E-state index contributed by atoms with van der Waals surface area (Å²) in [5.41, 5.74) is 6.44. The predicted octanol–water partition coefficient (Wildman–Crippen LogP) is 1.09. The van der Waals surface area contributed by atoms with Crippen LogP contribution in [0.1, 0.15) is 29.6 Å². The van der Waals surface area contributed by atoms with Crippen molar-refractivity contribution in [3.63, 3.8) is 0 Å². The lowest BCUT2D eigenvalue weighted by molar-refractivity contribution is 0.153. The van der Waals surface area contributed by atoms with Gasteiger partial charge < -0.3 is 10.8 Å². The number of aliphatic hydroxyl groups is 1. The summed E-state index contributed by atoms with van der Waals surface area (Å²) in [5, 5.41) is 12.6. The van der Waals surface area contributed by atoms with Crippen molar-refractivity contribution in [2.75, 3.05) is 6.54 Å². The first-order valence-electron chi connectivity index (χ1n) is 4.63. The van der Waals surface area contributed by atoms with Gasteiger partial charge >= 0.3 is 0 Å². The van der Waals surface area contributed by atoms with E-state index in [1.807, 2.05) is 5.38 Å². The van der Waals surface area contributed by atoms with Crippen LogP contribution in [0, 0.1) is 5.92 Å². The molecule has 3 nitrogen and oxygen atoms in total. The van der Waals surface area contributed by atoms with Gasteiger partial charge in [0.15, 0.2) is 0 Å². The van der Waals surface area contributed by atoms with E-state index < -0.39 is 0 Å². The molecular formula is C9H14N2OS. The van der Waals surface area contributed by atoms with Crippen molar-refractivity contribution in [3.05, 3.63) is 16.1 Å². The lowest BCUT2D eigenvalue weighted by Gasteiger charge is -2.03. The molecule has 1 aliphatic carbocycles. The quantitative estimate of drug-likeness (QED) is 0.761. The third-order valence-corrected chi connectivity index (χ3v) is 3.26. The van der Waals surface area contributed by atoms with Crippen LogP contribution in [-0.2, 0) is 6.42 Å². The van der Waals surface area contributed by atoms with Gasteiger partial charge in [-0.25, -0.2) is 4.98 Å². The van der Waals surface area contributed by atoms with Crippen LogP contribution in [0.15, 0.2) is 5.38 Å². The number of nitrogens with zero attached hydrogens (tertiary/aromatic N) is 1. The third kappa shape index (κ3) is 2.07. The van der Waals surface area contributed by atoms with E-state index in [0.29, 0.717) is 12.5 Å². The highest BCUT2D eigenvalue weighted by Gasteiger charge is 2.32. The molecule has 1 unspecified atom stereocenters. The van der Waals surface area contributed by atoms with E-state index >= 15 is 0 Å². The van der Waals surface area contributed by atoms with E-state index in [4.69, 9.17) is 5.73 Å². The Bertz CT molecular complexity index is 283. The molecular weight excluding hydrogens is 184 g/mol. The molecule has 0 aromatic carbocycles. The molecule has 0 saturated heterocycles. The molecule has 72 valence electrons. The molecule has 13 heavy (non-hydrogen) atoms. The zero-order chi connectivity index (χ0) is 9.26. The summed E-state index contributed by atoms with van der Waals surface area (Å²) in [6, 6.07) is 0. The summed E-state index contributed by atoms with van der Waals surface area (Å²) >= 11 is 1.55. The highest BCUT2D eigenvalue weighted by molar-refractivity contribution is 7.09. The van der Waals surface area contributed by atoms with Gasteiger partial charge in [-0.1, -0.05) is 0 Å². The first kappa shape index (κ1) is 9.12. The van der Waals surface area contributed by atoms with Crippen LogP contribution >= 0.6 is 11.3 Å². The molecule has 0 radical (unpaired) electrons. The molecule has 1 aromatic rings. The smallest absolute Gasteiger partial charge is 0.122 e. The van der Waals surface area contributed by atoms with Crippen molar-refractivity contribution in [2.24, 2.45) is 11.7 Å². The molecule has 0 bridgehead atoms. The van der Waals surface area contributed by atoms with Crippen LogP contribution in [0.3, 0.4) is 0 Å². The van der Waals surface area contributed by atoms with E-state index in [1.54, 1.807) is 11.3 Å². The second-order valence-electron chi connectivity index (χ2n) is 3.50. The lowest BCUT2D eigenvalue weighted by atomic mass is 10.2. The summed E-state index contributed by atoms with van der Waals surface area (Å²) in [4.78, 5) is 4.35. The second-order valence-corrected chi connectivity index (χ2v) is 4.39. The minimum absolute atomic E-state index is 0.323. The maximum atomic E-state index is 9.76. The van der Waals surface area contributed by atoms with Gasteiger partial charge in [0.25, 0.3) is 0 Å². The Morgan fingerprint density at radius 3 is 3.08 bits per heavy atom. The van der Waals surface area contributed by atoms with Crippen LogP contribution in [0.25, 0.3) is 0 Å². The molecule has 1 saturated carbocycles. The standard InChI is InChI=1S/C9H14N2OS/c10-4-3-7-5-13-9(11-7)8(12)6-1-2-6/h5-6,8,12H,1-4,10H2. The summed E-state index contributed by atoms with van der Waals surface area (Å²) in [5.74, 6) is 0.469. The minimum Gasteiger partial charge on any atom is -0.386 e. The number of hydrogen-bond acceptors (Lipinski definition) is 4. The van der Waals surface area contributed by atoms with Crippen LogP contribution in [0.2, 0.25) is 0 Å². The van der Waals surface area contributed by atoms with Gasteiger partial charge in [-0.2, -0.15) is 0 Å². The summed E-state index contributed by atoms with van der Waals surface area (Å²) in [6.07, 6.45) is 2.78. The van der Waals surface area contributed by atoms with E-state index in [1.165, 1.54) is 0 Å². The maximum Gasteiger partial charge on any atom is 0.122 e. The van der Waals surface area contributed by atoms with Gasteiger partial charge in [-0.05, 0) is 25.3 Å². The SMILES string of the molecule is NCCc1csc(C(O)C2CC2)n1. The molecule has 1 aromatic heterocycles. The first-order chi connectivity index (χ1) is 6.31. The average molecular weight is 198 g/mol. The van der Waals surface area contributed by atoms with Crippen molar-refractivity contribution >= 4 is 11.3 Å². The van der Waals surface area contributed by atoms with E-state index in [0.717, 1.165) is 30.0 Å². The molecule has 2 rings (SSSR count). The molecule has 1 heterocycles. The van der Waals surface area contributed by atoms with Gasteiger partial charge in [-0.3, -0.25) is 0 Å². The Hall–Kier alpha value is -0.450. The van der Waals surface area contributed by atoms with Crippen molar-refractivity contribution < 1.29 is 5.11 Å². The monoisotopic (exact) mass is 198 g/mol. The molecule has 4 heteroatoms. The molecule has 0 spiro atoms. The first-order valence-corrected chi connectivity index (χ1v) is 5.51. The Labute approximate surface area is 81.6 Å². The van der Waals surface area contributed by atoms with Gasteiger partial charge in [-0.15, -0.1) is 11.3 Å². The van der Waals surface area contributed by atoms with Gasteiger partial charge in [0.1, 0.15) is 11.1 Å². The van der Waals surface area contributed by atoms with E-state index in [-0.39, 0.29) is 6.10 Å². The lowest BCUT2D eigenvalue weighted by Crippen LogP contribution is -2.04. The fraction of sp³-hybridized carbons (Fsp3) is 0.667. The molecule has 0 amide bonds. The van der Waals surface area contributed by atoms with Crippen molar-refractivity contribution in [1.29, 1.82) is 0 Å². The predicted molar refractivity (Wildman–Crippen MR) is 52.6 cm³/mol. The molecule has 0 aliphatic heterocycles. The van der Waals surface area contributed by atoms with E-state index in [9.17, 15) is 5.11 Å². The van der Waals surface area contributed by atoms with Crippen molar-refractivity contribution in [2.45, 2.75) is 25.4 Å². The normalized spacial score (nSPS) is 18.9. The zero-order valence-electron chi connectivity index (χ0n) is 7.44. The highest BCUT2D eigenvalue weighted by atomic mass is 32.1. The Balaban J connectivity index is 2.03. The Kier molecular flexibility index (Phi) is 2.62. The van der Waals surface area contributed by atoms with Crippen molar-refractivity contribution in [1.82, 2.24) is 4.98 Å². The summed E-state index contributed by atoms with van der Waals surface area (Å²) < 4.78 is 0. The molecule has 1 aliphatic rings. The minimum atomic E-state index is -0.323. The van der Waals surface area contributed by atoms with Gasteiger partial charge in [0.05, 0.1) is 5.69 Å². The van der Waals surface area contributed by atoms with E-state index in [2.05, 4.69) is 4.98 Å². The number of aromatic nitrogens is 1. The molecule has 1 atom stereocenters. The molecule has 3 N–H and O–H groups in total. The Morgan fingerprint density at radius 2 is 2.46 bits per heavy atom. The zero-order valence-corrected chi connectivity index (χ0v) is 8.26. The second kappa shape index (κ2) is 3.74. The summed E-state index contributed by atoms with van der Waals surface area (Å²) in [6.45, 7) is 0.628. The van der Waals surface area contributed by atoms with Crippen LogP contribution in [0.5, 0.6) is 0 Å². The highest BCUT2D eigenvalue weighted by Crippen LogP contribution is 2.41. The summed E-state index contributed by atoms with van der Waals surface area (Å²) in [7, 11) is 0. The largest absolute Gasteiger partial charge is 0.386 e. The van der Waals surface area contributed by atoms with Gasteiger partial charge in [0, 0.05) is 11.8 Å². The third-order valence-electron chi connectivity index (χ3n) is 2.29. The van der Waals surface area contributed by atoms with Crippen molar-refractivity contribution in [3.8, 4) is 0 Å². The number of nitrogens with two attached hydrogens (primary N) is 1. The van der Waals surface area contributed by atoms with Crippen LogP contribution < -0.4 is 5.73 Å². The fourth-order valence-corrected chi connectivity index (χ4v) is 2.26. The Morgan fingerprint density at radius 1 is 1.69 bits per heavy atom. The molecule has 1 fully saturated rings. The van der Waals surface area contributed by atoms with Crippen LogP contribution in [0.4, 0.5) is 0 Å².